The molecule has 1 N–H and O–H groups in total. The highest BCUT2D eigenvalue weighted by atomic mass is 79.9. The lowest BCUT2D eigenvalue weighted by Crippen LogP contribution is -2.29. The minimum absolute atomic E-state index is 0.0393. The number of aromatic nitrogens is 2. The SMILES string of the molecule is O=C(c1ccc2c(c1)OCO2)n1c(=S)[nH]c2ccc(Br)cc2c1=O. The minimum atomic E-state index is -0.526. The first kappa shape index (κ1) is 15.1. The number of nitrogens with zero attached hydrogens (tertiary/aromatic N) is 1. The Morgan fingerprint density at radius 3 is 2.79 bits per heavy atom. The number of benzene rings is 2. The summed E-state index contributed by atoms with van der Waals surface area (Å²) in [4.78, 5) is 28.4. The van der Waals surface area contributed by atoms with Crippen LogP contribution in [0.4, 0.5) is 0 Å². The number of rotatable bonds is 1. The Labute approximate surface area is 148 Å². The summed E-state index contributed by atoms with van der Waals surface area (Å²) in [6.45, 7) is 0.108. The van der Waals surface area contributed by atoms with Crippen molar-refractivity contribution in [2.75, 3.05) is 6.79 Å². The molecule has 1 aliphatic rings. The van der Waals surface area contributed by atoms with E-state index in [9.17, 15) is 9.59 Å². The molecular formula is C16H9BrN2O4S. The molecule has 0 aliphatic carbocycles. The summed E-state index contributed by atoms with van der Waals surface area (Å²) in [6.07, 6.45) is 0. The Bertz CT molecular complexity index is 1120. The number of aromatic amines is 1. The summed E-state index contributed by atoms with van der Waals surface area (Å²) in [5.41, 5.74) is 0.385. The van der Waals surface area contributed by atoms with Crippen LogP contribution in [0.25, 0.3) is 10.9 Å². The maximum absolute atomic E-state index is 12.8. The number of fused-ring (bicyclic) bond motifs is 2. The Balaban J connectivity index is 1.91. The first-order chi connectivity index (χ1) is 11.5. The maximum Gasteiger partial charge on any atom is 0.269 e. The second-order valence-corrected chi connectivity index (χ2v) is 6.44. The van der Waals surface area contributed by atoms with Crippen molar-refractivity contribution in [1.29, 1.82) is 0 Å². The van der Waals surface area contributed by atoms with Crippen LogP contribution in [-0.4, -0.2) is 22.3 Å². The van der Waals surface area contributed by atoms with Crippen molar-refractivity contribution in [2.24, 2.45) is 0 Å². The summed E-state index contributed by atoms with van der Waals surface area (Å²) in [7, 11) is 0. The lowest BCUT2D eigenvalue weighted by atomic mass is 10.2. The summed E-state index contributed by atoms with van der Waals surface area (Å²) in [6, 6.07) is 9.90. The molecule has 2 heterocycles. The molecule has 0 saturated heterocycles. The van der Waals surface area contributed by atoms with Gasteiger partial charge in [0.15, 0.2) is 16.3 Å². The van der Waals surface area contributed by atoms with Gasteiger partial charge in [-0.25, -0.2) is 4.57 Å². The molecule has 0 saturated carbocycles. The van der Waals surface area contributed by atoms with Crippen molar-refractivity contribution >= 4 is 45.0 Å². The number of H-pyrrole nitrogens is 1. The highest BCUT2D eigenvalue weighted by Crippen LogP contribution is 2.32. The van der Waals surface area contributed by atoms with E-state index < -0.39 is 11.5 Å². The van der Waals surface area contributed by atoms with Gasteiger partial charge in [-0.2, -0.15) is 0 Å². The van der Waals surface area contributed by atoms with Gasteiger partial charge in [0.1, 0.15) is 0 Å². The van der Waals surface area contributed by atoms with Gasteiger partial charge in [-0.15, -0.1) is 0 Å². The number of halogens is 1. The van der Waals surface area contributed by atoms with Crippen LogP contribution in [0.3, 0.4) is 0 Å². The minimum Gasteiger partial charge on any atom is -0.454 e. The Morgan fingerprint density at radius 2 is 1.96 bits per heavy atom. The molecule has 8 heteroatoms. The molecule has 4 rings (SSSR count). The van der Waals surface area contributed by atoms with E-state index in [2.05, 4.69) is 20.9 Å². The van der Waals surface area contributed by atoms with Gasteiger partial charge in [-0.3, -0.25) is 9.59 Å². The van der Waals surface area contributed by atoms with E-state index in [0.29, 0.717) is 22.4 Å². The Hall–Kier alpha value is -2.45. The highest BCUT2D eigenvalue weighted by molar-refractivity contribution is 9.10. The number of carbonyl (C=O) groups excluding carboxylic acids is 1. The zero-order chi connectivity index (χ0) is 16.8. The van der Waals surface area contributed by atoms with Crippen LogP contribution in [0, 0.1) is 4.77 Å². The van der Waals surface area contributed by atoms with Gasteiger partial charge in [0.2, 0.25) is 6.79 Å². The van der Waals surface area contributed by atoms with Crippen molar-refractivity contribution in [3.8, 4) is 11.5 Å². The average Bonchev–Trinajstić information content (AvgIpc) is 3.03. The van der Waals surface area contributed by atoms with E-state index >= 15 is 0 Å². The van der Waals surface area contributed by atoms with E-state index in [4.69, 9.17) is 21.7 Å². The smallest absolute Gasteiger partial charge is 0.269 e. The predicted octanol–water partition coefficient (Wildman–Crippen LogP) is 3.24. The highest BCUT2D eigenvalue weighted by Gasteiger charge is 2.19. The third kappa shape index (κ3) is 2.35. The van der Waals surface area contributed by atoms with Crippen LogP contribution in [0.2, 0.25) is 0 Å². The maximum atomic E-state index is 12.8. The van der Waals surface area contributed by atoms with Crippen molar-refractivity contribution in [3.63, 3.8) is 0 Å². The second kappa shape index (κ2) is 5.57. The molecule has 3 aromatic rings. The van der Waals surface area contributed by atoms with Crippen LogP contribution in [0.15, 0.2) is 45.7 Å². The van der Waals surface area contributed by atoms with Gasteiger partial charge in [-0.1, -0.05) is 15.9 Å². The zero-order valence-corrected chi connectivity index (χ0v) is 14.4. The van der Waals surface area contributed by atoms with E-state index in [1.807, 2.05) is 0 Å². The number of nitrogens with one attached hydrogen (secondary N) is 1. The molecule has 1 aromatic heterocycles. The summed E-state index contributed by atoms with van der Waals surface area (Å²) >= 11 is 8.52. The van der Waals surface area contributed by atoms with E-state index in [1.54, 1.807) is 30.3 Å². The topological polar surface area (TPSA) is 73.3 Å². The molecule has 6 nitrogen and oxygen atoms in total. The van der Waals surface area contributed by atoms with Crippen LogP contribution >= 0.6 is 28.1 Å². The largest absolute Gasteiger partial charge is 0.454 e. The molecule has 0 atom stereocenters. The van der Waals surface area contributed by atoms with Gasteiger partial charge in [-0.05, 0) is 48.6 Å². The number of ether oxygens (including phenoxy) is 2. The third-order valence-electron chi connectivity index (χ3n) is 3.68. The molecule has 1 aliphatic heterocycles. The second-order valence-electron chi connectivity index (χ2n) is 5.13. The first-order valence-corrected chi connectivity index (χ1v) is 8.14. The van der Waals surface area contributed by atoms with Gasteiger partial charge >= 0.3 is 0 Å². The summed E-state index contributed by atoms with van der Waals surface area (Å²) < 4.78 is 12.2. The first-order valence-electron chi connectivity index (χ1n) is 6.93. The van der Waals surface area contributed by atoms with Crippen molar-refractivity contribution in [1.82, 2.24) is 9.55 Å². The van der Waals surface area contributed by atoms with Crippen LogP contribution in [-0.2, 0) is 0 Å². The van der Waals surface area contributed by atoms with Crippen LogP contribution < -0.4 is 15.0 Å². The van der Waals surface area contributed by atoms with Crippen molar-refractivity contribution in [3.05, 3.63) is 61.6 Å². The number of carbonyl (C=O) groups is 1. The van der Waals surface area contributed by atoms with E-state index in [-0.39, 0.29) is 17.1 Å². The van der Waals surface area contributed by atoms with E-state index in [0.717, 1.165) is 9.04 Å². The molecule has 0 amide bonds. The molecule has 24 heavy (non-hydrogen) atoms. The molecule has 0 bridgehead atoms. The molecule has 0 unspecified atom stereocenters. The third-order valence-corrected chi connectivity index (χ3v) is 4.46. The fourth-order valence-corrected chi connectivity index (χ4v) is 3.17. The number of hydrogen-bond acceptors (Lipinski definition) is 5. The van der Waals surface area contributed by atoms with Gasteiger partial charge < -0.3 is 14.5 Å². The standard InChI is InChI=1S/C16H9BrN2O4S/c17-9-2-3-11-10(6-9)15(21)19(16(24)18-11)14(20)8-1-4-12-13(5-8)23-7-22-12/h1-6H,7H2,(H,18,24). The quantitative estimate of drug-likeness (QED) is 0.630. The van der Waals surface area contributed by atoms with Gasteiger partial charge in [0.05, 0.1) is 10.9 Å². The van der Waals surface area contributed by atoms with Crippen LogP contribution in [0.1, 0.15) is 10.4 Å². The van der Waals surface area contributed by atoms with Crippen molar-refractivity contribution in [2.45, 2.75) is 0 Å². The zero-order valence-electron chi connectivity index (χ0n) is 12.0. The lowest BCUT2D eigenvalue weighted by Gasteiger charge is -2.08. The van der Waals surface area contributed by atoms with E-state index in [1.165, 1.54) is 6.07 Å². The summed E-state index contributed by atoms with van der Waals surface area (Å²) in [5, 5.41) is 0.368. The fourth-order valence-electron chi connectivity index (χ4n) is 2.53. The molecular weight excluding hydrogens is 396 g/mol. The predicted molar refractivity (Wildman–Crippen MR) is 93.4 cm³/mol. The fraction of sp³-hybridized carbons (Fsp3) is 0.0625. The Kier molecular flexibility index (Phi) is 3.50. The average molecular weight is 405 g/mol. The monoisotopic (exact) mass is 404 g/mol. The van der Waals surface area contributed by atoms with Gasteiger partial charge in [0.25, 0.3) is 11.5 Å². The van der Waals surface area contributed by atoms with Crippen LogP contribution in [0.5, 0.6) is 11.5 Å². The van der Waals surface area contributed by atoms with Gasteiger partial charge in [0, 0.05) is 10.0 Å². The molecule has 0 spiro atoms. The molecule has 0 fully saturated rings. The molecule has 0 radical (unpaired) electrons. The molecule has 120 valence electrons. The van der Waals surface area contributed by atoms with Crippen molar-refractivity contribution < 1.29 is 14.3 Å². The Morgan fingerprint density at radius 1 is 1.17 bits per heavy atom. The lowest BCUT2D eigenvalue weighted by molar-refractivity contribution is 0.0953. The number of hydrogen-bond donors (Lipinski definition) is 1. The normalized spacial score (nSPS) is 12.5. The molecule has 2 aromatic carbocycles. The summed E-state index contributed by atoms with van der Waals surface area (Å²) in [5.74, 6) is 0.500.